The summed E-state index contributed by atoms with van der Waals surface area (Å²) >= 11 is 0. The number of nitrogens with zero attached hydrogens (tertiary/aromatic N) is 2. The number of hydrogen-bond acceptors (Lipinski definition) is 4. The molecule has 0 aliphatic carbocycles. The minimum atomic E-state index is -0.189. The topological polar surface area (TPSA) is 57.3 Å². The molecule has 0 fully saturated rings. The number of carbonyl (C=O) groups is 1. The van der Waals surface area contributed by atoms with Gasteiger partial charge in [0.1, 0.15) is 5.76 Å². The molecule has 2 aromatic heterocycles. The summed E-state index contributed by atoms with van der Waals surface area (Å²) in [4.78, 5) is 15.4. The van der Waals surface area contributed by atoms with Crippen LogP contribution < -0.4 is 0 Å². The maximum Gasteiger partial charge on any atom is 0.305 e. The number of aryl methyl sites for hydroxylation is 3. The van der Waals surface area contributed by atoms with Gasteiger partial charge in [-0.3, -0.25) is 4.79 Å². The maximum atomic E-state index is 11.1. The highest BCUT2D eigenvalue weighted by Crippen LogP contribution is 2.23. The zero-order valence-corrected chi connectivity index (χ0v) is 11.5. The highest BCUT2D eigenvalue weighted by Gasteiger charge is 2.12. The van der Waals surface area contributed by atoms with E-state index in [4.69, 9.17) is 4.42 Å². The van der Waals surface area contributed by atoms with Crippen molar-refractivity contribution >= 4 is 5.97 Å². The molecular weight excluding hydrogens is 244 g/mol. The fourth-order valence-corrected chi connectivity index (χ4v) is 1.89. The Bertz CT molecular complexity index is 550. The summed E-state index contributed by atoms with van der Waals surface area (Å²) in [6.07, 6.45) is 4.75. The van der Waals surface area contributed by atoms with Gasteiger partial charge in [-0.1, -0.05) is 0 Å². The molecule has 0 N–H and O–H groups in total. The van der Waals surface area contributed by atoms with Crippen LogP contribution in [0, 0.1) is 13.8 Å². The maximum absolute atomic E-state index is 11.1. The van der Waals surface area contributed by atoms with Gasteiger partial charge in [-0.2, -0.15) is 0 Å². The van der Waals surface area contributed by atoms with E-state index in [1.165, 1.54) is 7.11 Å². The molecule has 0 atom stereocenters. The summed E-state index contributed by atoms with van der Waals surface area (Å²) < 4.78 is 12.3. The van der Waals surface area contributed by atoms with Gasteiger partial charge in [-0.25, -0.2) is 4.98 Å². The molecule has 102 valence electrons. The summed E-state index contributed by atoms with van der Waals surface area (Å²) in [5.74, 6) is 2.27. The van der Waals surface area contributed by atoms with Crippen molar-refractivity contribution in [2.24, 2.45) is 0 Å². The smallest absolute Gasteiger partial charge is 0.305 e. The quantitative estimate of drug-likeness (QED) is 0.777. The number of furan rings is 1. The number of esters is 1. The third-order valence-corrected chi connectivity index (χ3v) is 3.11. The molecule has 2 heterocycles. The van der Waals surface area contributed by atoms with Crippen LogP contribution in [-0.4, -0.2) is 22.6 Å². The molecule has 0 bridgehead atoms. The van der Waals surface area contributed by atoms with Gasteiger partial charge < -0.3 is 13.7 Å². The summed E-state index contributed by atoms with van der Waals surface area (Å²) in [6, 6.07) is 1.98. The number of carbonyl (C=O) groups excluding carboxylic acids is 1. The molecule has 2 rings (SSSR count). The SMILES string of the molecule is COC(=O)CCCn1ccnc1-c1cc(C)c(C)o1. The van der Waals surface area contributed by atoms with E-state index in [1.807, 2.05) is 30.7 Å². The second-order valence-electron chi connectivity index (χ2n) is 4.47. The van der Waals surface area contributed by atoms with Crippen LogP contribution >= 0.6 is 0 Å². The van der Waals surface area contributed by atoms with Gasteiger partial charge in [0.2, 0.25) is 0 Å². The van der Waals surface area contributed by atoms with Gasteiger partial charge in [0.05, 0.1) is 7.11 Å². The van der Waals surface area contributed by atoms with Crippen LogP contribution in [0.15, 0.2) is 22.9 Å². The van der Waals surface area contributed by atoms with Crippen LogP contribution in [0.5, 0.6) is 0 Å². The van der Waals surface area contributed by atoms with Gasteiger partial charge in [0, 0.05) is 25.4 Å². The van der Waals surface area contributed by atoms with Crippen molar-refractivity contribution in [2.75, 3.05) is 7.11 Å². The molecular formula is C14H18N2O3. The lowest BCUT2D eigenvalue weighted by Gasteiger charge is -2.05. The first-order chi connectivity index (χ1) is 9.11. The van der Waals surface area contributed by atoms with E-state index in [0.29, 0.717) is 19.4 Å². The lowest BCUT2D eigenvalue weighted by Crippen LogP contribution is -2.04. The lowest BCUT2D eigenvalue weighted by molar-refractivity contribution is -0.140. The van der Waals surface area contributed by atoms with Gasteiger partial charge in [0.25, 0.3) is 0 Å². The highest BCUT2D eigenvalue weighted by molar-refractivity contribution is 5.69. The summed E-state index contributed by atoms with van der Waals surface area (Å²) in [6.45, 7) is 4.65. The zero-order valence-electron chi connectivity index (χ0n) is 11.5. The monoisotopic (exact) mass is 262 g/mol. The van der Waals surface area contributed by atoms with Crippen molar-refractivity contribution in [1.82, 2.24) is 9.55 Å². The van der Waals surface area contributed by atoms with E-state index in [2.05, 4.69) is 9.72 Å². The summed E-state index contributed by atoms with van der Waals surface area (Å²) in [5, 5.41) is 0. The van der Waals surface area contributed by atoms with Gasteiger partial charge >= 0.3 is 5.97 Å². The van der Waals surface area contributed by atoms with Crippen molar-refractivity contribution in [2.45, 2.75) is 33.2 Å². The fourth-order valence-electron chi connectivity index (χ4n) is 1.89. The van der Waals surface area contributed by atoms with E-state index in [-0.39, 0.29) is 5.97 Å². The molecule has 2 aromatic rings. The Kier molecular flexibility index (Phi) is 4.04. The lowest BCUT2D eigenvalue weighted by atomic mass is 10.2. The zero-order chi connectivity index (χ0) is 13.8. The molecule has 0 amide bonds. The largest absolute Gasteiger partial charge is 0.469 e. The van der Waals surface area contributed by atoms with Crippen molar-refractivity contribution < 1.29 is 13.9 Å². The van der Waals surface area contributed by atoms with Crippen LogP contribution in [0.2, 0.25) is 0 Å². The van der Waals surface area contributed by atoms with Gasteiger partial charge in [-0.05, 0) is 31.9 Å². The predicted octanol–water partition coefficient (Wildman–Crippen LogP) is 2.71. The summed E-state index contributed by atoms with van der Waals surface area (Å²) in [5.41, 5.74) is 1.11. The Morgan fingerprint density at radius 2 is 2.26 bits per heavy atom. The molecule has 0 saturated carbocycles. The number of ether oxygens (including phenoxy) is 1. The molecule has 0 radical (unpaired) electrons. The number of rotatable bonds is 5. The second-order valence-corrected chi connectivity index (χ2v) is 4.47. The van der Waals surface area contributed by atoms with E-state index in [1.54, 1.807) is 6.20 Å². The number of imidazole rings is 1. The van der Waals surface area contributed by atoms with Crippen molar-refractivity contribution in [3.05, 3.63) is 29.8 Å². The Labute approximate surface area is 112 Å². The number of hydrogen-bond donors (Lipinski definition) is 0. The Hall–Kier alpha value is -2.04. The molecule has 0 unspecified atom stereocenters. The minimum Gasteiger partial charge on any atom is -0.469 e. The Morgan fingerprint density at radius 3 is 2.89 bits per heavy atom. The summed E-state index contributed by atoms with van der Waals surface area (Å²) in [7, 11) is 1.40. The molecule has 5 nitrogen and oxygen atoms in total. The third-order valence-electron chi connectivity index (χ3n) is 3.11. The average molecular weight is 262 g/mol. The van der Waals surface area contributed by atoms with E-state index in [9.17, 15) is 4.79 Å². The Balaban J connectivity index is 2.07. The molecule has 0 saturated heterocycles. The fraction of sp³-hybridized carbons (Fsp3) is 0.429. The van der Waals surface area contributed by atoms with Crippen molar-refractivity contribution in [3.8, 4) is 11.6 Å². The van der Waals surface area contributed by atoms with Crippen LogP contribution in [0.3, 0.4) is 0 Å². The molecule has 19 heavy (non-hydrogen) atoms. The van der Waals surface area contributed by atoms with Crippen LogP contribution in [0.1, 0.15) is 24.2 Å². The standard InChI is InChI=1S/C14H18N2O3/c1-10-9-12(19-11(10)2)14-15-6-8-16(14)7-4-5-13(17)18-3/h6,8-9H,4-5,7H2,1-3H3. The molecule has 0 aliphatic heterocycles. The first-order valence-electron chi connectivity index (χ1n) is 6.27. The second kappa shape index (κ2) is 5.73. The van der Waals surface area contributed by atoms with E-state index >= 15 is 0 Å². The molecule has 0 spiro atoms. The number of methoxy groups -OCH3 is 1. The molecule has 0 aromatic carbocycles. The van der Waals surface area contributed by atoms with Gasteiger partial charge in [0.15, 0.2) is 11.6 Å². The van der Waals surface area contributed by atoms with Crippen LogP contribution in [0.4, 0.5) is 0 Å². The number of aromatic nitrogens is 2. The van der Waals surface area contributed by atoms with E-state index < -0.39 is 0 Å². The molecule has 5 heteroatoms. The average Bonchev–Trinajstić information content (AvgIpc) is 2.97. The molecule has 0 aliphatic rings. The predicted molar refractivity (Wildman–Crippen MR) is 70.7 cm³/mol. The third kappa shape index (κ3) is 3.05. The highest BCUT2D eigenvalue weighted by atomic mass is 16.5. The van der Waals surface area contributed by atoms with Crippen molar-refractivity contribution in [1.29, 1.82) is 0 Å². The van der Waals surface area contributed by atoms with Crippen LogP contribution in [-0.2, 0) is 16.1 Å². The normalized spacial score (nSPS) is 10.7. The minimum absolute atomic E-state index is 0.189. The first-order valence-corrected chi connectivity index (χ1v) is 6.27. The van der Waals surface area contributed by atoms with Gasteiger partial charge in [-0.15, -0.1) is 0 Å². The Morgan fingerprint density at radius 1 is 1.47 bits per heavy atom. The van der Waals surface area contributed by atoms with Crippen molar-refractivity contribution in [3.63, 3.8) is 0 Å². The first kappa shape index (κ1) is 13.4. The van der Waals surface area contributed by atoms with E-state index in [0.717, 1.165) is 22.9 Å². The van der Waals surface area contributed by atoms with Crippen LogP contribution in [0.25, 0.3) is 11.6 Å².